The van der Waals surface area contributed by atoms with Crippen LogP contribution in [0, 0.1) is 0 Å². The van der Waals surface area contributed by atoms with E-state index < -0.39 is 5.97 Å². The molecule has 0 spiro atoms. The molecule has 1 fully saturated rings. The number of hydrogen-bond donors (Lipinski definition) is 0. The van der Waals surface area contributed by atoms with Crippen LogP contribution in [0.3, 0.4) is 0 Å². The van der Waals surface area contributed by atoms with Gasteiger partial charge in [0.1, 0.15) is 0 Å². The molecule has 4 heteroatoms. The van der Waals surface area contributed by atoms with Crippen LogP contribution in [0.25, 0.3) is 0 Å². The van der Waals surface area contributed by atoms with E-state index in [-0.39, 0.29) is 5.38 Å². The van der Waals surface area contributed by atoms with Gasteiger partial charge in [0, 0.05) is 0 Å². The van der Waals surface area contributed by atoms with Crippen molar-refractivity contribution in [2.45, 2.75) is 37.5 Å². The second-order valence-corrected chi connectivity index (χ2v) is 4.92. The van der Waals surface area contributed by atoms with E-state index in [4.69, 9.17) is 16.4 Å². The number of alkyl halides is 1. The zero-order chi connectivity index (χ0) is 12.8. The standard InChI is InChI=1S/C14H16ClNO2/c15-12-9-5-2-6-10-13(12)16-18-14(17)11-7-3-1-4-8-11/h1,3-4,7-8,12H,2,5-6,9-10H2. The molecule has 2 rings (SSSR count). The third-order valence-corrected chi connectivity index (χ3v) is 3.48. The van der Waals surface area contributed by atoms with Crippen molar-refractivity contribution < 1.29 is 9.63 Å². The summed E-state index contributed by atoms with van der Waals surface area (Å²) in [5.74, 6) is -0.434. The largest absolute Gasteiger partial charge is 0.365 e. The van der Waals surface area contributed by atoms with Gasteiger partial charge in [-0.25, -0.2) is 4.79 Å². The van der Waals surface area contributed by atoms with Crippen molar-refractivity contribution in [2.24, 2.45) is 5.16 Å². The molecule has 1 aliphatic rings. The molecule has 0 amide bonds. The van der Waals surface area contributed by atoms with Crippen molar-refractivity contribution in [2.75, 3.05) is 0 Å². The highest BCUT2D eigenvalue weighted by atomic mass is 35.5. The number of halogens is 1. The Bertz CT molecular complexity index is 431. The van der Waals surface area contributed by atoms with Crippen molar-refractivity contribution >= 4 is 23.3 Å². The molecule has 1 aromatic carbocycles. The lowest BCUT2D eigenvalue weighted by atomic mass is 10.2. The molecule has 96 valence electrons. The normalized spacial score (nSPS) is 22.5. The third-order valence-electron chi connectivity index (χ3n) is 3.01. The van der Waals surface area contributed by atoms with Gasteiger partial charge in [0.05, 0.1) is 16.7 Å². The van der Waals surface area contributed by atoms with Crippen LogP contribution in [0.1, 0.15) is 42.5 Å². The van der Waals surface area contributed by atoms with Crippen molar-refractivity contribution in [1.82, 2.24) is 0 Å². The number of hydrogen-bond acceptors (Lipinski definition) is 3. The van der Waals surface area contributed by atoms with Crippen LogP contribution in [0.15, 0.2) is 35.5 Å². The molecular formula is C14H16ClNO2. The number of rotatable bonds is 2. The van der Waals surface area contributed by atoms with E-state index in [1.54, 1.807) is 24.3 Å². The molecule has 0 saturated heterocycles. The van der Waals surface area contributed by atoms with Gasteiger partial charge < -0.3 is 4.84 Å². The van der Waals surface area contributed by atoms with Gasteiger partial charge in [0.2, 0.25) is 0 Å². The maximum atomic E-state index is 11.7. The van der Waals surface area contributed by atoms with E-state index in [9.17, 15) is 4.79 Å². The van der Waals surface area contributed by atoms with Gasteiger partial charge in [-0.2, -0.15) is 0 Å². The molecule has 3 nitrogen and oxygen atoms in total. The zero-order valence-corrected chi connectivity index (χ0v) is 10.9. The highest BCUT2D eigenvalue weighted by Gasteiger charge is 2.17. The molecule has 0 radical (unpaired) electrons. The predicted octanol–water partition coefficient (Wildman–Crippen LogP) is 3.77. The molecule has 1 unspecified atom stereocenters. The summed E-state index contributed by atoms with van der Waals surface area (Å²) < 4.78 is 0. The van der Waals surface area contributed by atoms with Crippen LogP contribution in [-0.2, 0) is 4.84 Å². The van der Waals surface area contributed by atoms with E-state index in [2.05, 4.69) is 5.16 Å². The summed E-state index contributed by atoms with van der Waals surface area (Å²) in [6, 6.07) is 8.84. The van der Waals surface area contributed by atoms with Crippen LogP contribution in [0.5, 0.6) is 0 Å². The fourth-order valence-corrected chi connectivity index (χ4v) is 2.26. The van der Waals surface area contributed by atoms with E-state index in [1.165, 1.54) is 0 Å². The lowest BCUT2D eigenvalue weighted by Gasteiger charge is -2.07. The van der Waals surface area contributed by atoms with Crippen molar-refractivity contribution in [3.05, 3.63) is 35.9 Å². The topological polar surface area (TPSA) is 38.7 Å². The van der Waals surface area contributed by atoms with Gasteiger partial charge in [-0.3, -0.25) is 0 Å². The molecule has 0 bridgehead atoms. The Labute approximate surface area is 112 Å². The average molecular weight is 266 g/mol. The second-order valence-electron chi connectivity index (χ2n) is 4.39. The first-order valence-electron chi connectivity index (χ1n) is 6.24. The Balaban J connectivity index is 1.99. The lowest BCUT2D eigenvalue weighted by Crippen LogP contribution is -2.14. The van der Waals surface area contributed by atoms with Gasteiger partial charge >= 0.3 is 5.97 Å². The number of carbonyl (C=O) groups is 1. The number of carbonyl (C=O) groups excluding carboxylic acids is 1. The Morgan fingerprint density at radius 2 is 2.00 bits per heavy atom. The summed E-state index contributed by atoms with van der Waals surface area (Å²) in [5, 5.41) is 3.83. The minimum atomic E-state index is -0.434. The second kappa shape index (κ2) is 6.55. The summed E-state index contributed by atoms with van der Waals surface area (Å²) in [7, 11) is 0. The van der Waals surface area contributed by atoms with Gasteiger partial charge in [0.25, 0.3) is 0 Å². The first-order valence-corrected chi connectivity index (χ1v) is 6.68. The average Bonchev–Trinajstić information content (AvgIpc) is 2.62. The van der Waals surface area contributed by atoms with Crippen molar-refractivity contribution in [1.29, 1.82) is 0 Å². The van der Waals surface area contributed by atoms with Crippen LogP contribution < -0.4 is 0 Å². The highest BCUT2D eigenvalue weighted by Crippen LogP contribution is 2.20. The predicted molar refractivity (Wildman–Crippen MR) is 72.0 cm³/mol. The van der Waals surface area contributed by atoms with Gasteiger partial charge in [-0.05, 0) is 31.4 Å². The van der Waals surface area contributed by atoms with Crippen LogP contribution in [0.4, 0.5) is 0 Å². The van der Waals surface area contributed by atoms with Gasteiger partial charge in [0.15, 0.2) is 0 Å². The maximum absolute atomic E-state index is 11.7. The Hall–Kier alpha value is -1.35. The Morgan fingerprint density at radius 1 is 1.22 bits per heavy atom. The lowest BCUT2D eigenvalue weighted by molar-refractivity contribution is 0.0514. The smallest absolute Gasteiger partial charge is 0.313 e. The van der Waals surface area contributed by atoms with Crippen LogP contribution in [-0.4, -0.2) is 17.1 Å². The van der Waals surface area contributed by atoms with E-state index in [1.807, 2.05) is 6.07 Å². The van der Waals surface area contributed by atoms with Gasteiger partial charge in [-0.1, -0.05) is 36.2 Å². The maximum Gasteiger partial charge on any atom is 0.365 e. The first-order chi connectivity index (χ1) is 8.77. The van der Waals surface area contributed by atoms with Crippen LogP contribution in [0.2, 0.25) is 0 Å². The van der Waals surface area contributed by atoms with Crippen LogP contribution >= 0.6 is 11.6 Å². The molecule has 18 heavy (non-hydrogen) atoms. The Morgan fingerprint density at radius 3 is 2.78 bits per heavy atom. The van der Waals surface area contributed by atoms with E-state index >= 15 is 0 Å². The number of benzene rings is 1. The molecule has 1 saturated carbocycles. The zero-order valence-electron chi connectivity index (χ0n) is 10.1. The minimum Gasteiger partial charge on any atom is -0.313 e. The molecule has 1 aliphatic carbocycles. The fourth-order valence-electron chi connectivity index (χ4n) is 1.96. The third kappa shape index (κ3) is 3.57. The Kier molecular flexibility index (Phi) is 4.76. The SMILES string of the molecule is O=C(ON=C1CCCCCC1Cl)c1ccccc1. The quantitative estimate of drug-likeness (QED) is 0.353. The summed E-state index contributed by atoms with van der Waals surface area (Å²) in [6.07, 6.45) is 5.05. The monoisotopic (exact) mass is 265 g/mol. The summed E-state index contributed by atoms with van der Waals surface area (Å²) in [5.41, 5.74) is 1.29. The van der Waals surface area contributed by atoms with Gasteiger partial charge in [-0.15, -0.1) is 11.6 Å². The molecule has 0 heterocycles. The molecule has 0 aromatic heterocycles. The molecule has 1 aromatic rings. The number of oxime groups is 1. The van der Waals surface area contributed by atoms with E-state index in [0.717, 1.165) is 37.8 Å². The molecule has 0 N–H and O–H groups in total. The van der Waals surface area contributed by atoms with Crippen molar-refractivity contribution in [3.8, 4) is 0 Å². The molecule has 1 atom stereocenters. The fraction of sp³-hybridized carbons (Fsp3) is 0.429. The molecular weight excluding hydrogens is 250 g/mol. The first kappa shape index (κ1) is 13.1. The minimum absolute atomic E-state index is 0.101. The summed E-state index contributed by atoms with van der Waals surface area (Å²) in [4.78, 5) is 16.7. The van der Waals surface area contributed by atoms with Crippen molar-refractivity contribution in [3.63, 3.8) is 0 Å². The highest BCUT2D eigenvalue weighted by molar-refractivity contribution is 6.32. The summed E-state index contributed by atoms with van der Waals surface area (Å²) >= 11 is 6.19. The number of nitrogens with zero attached hydrogens (tertiary/aromatic N) is 1. The van der Waals surface area contributed by atoms with E-state index in [0.29, 0.717) is 5.56 Å². The molecule has 0 aliphatic heterocycles. The summed E-state index contributed by atoms with van der Waals surface area (Å²) in [6.45, 7) is 0.